The molecular weight excluding hydrogens is 350 g/mol. The second kappa shape index (κ2) is 8.21. The van der Waals surface area contributed by atoms with Crippen LogP contribution in [0, 0.1) is 0 Å². The molecule has 5 nitrogen and oxygen atoms in total. The summed E-state index contributed by atoms with van der Waals surface area (Å²) in [6, 6.07) is 18.2. The summed E-state index contributed by atoms with van der Waals surface area (Å²) in [6.07, 6.45) is 3.81. The molecule has 0 amide bonds. The van der Waals surface area contributed by atoms with Crippen LogP contribution in [0.5, 0.6) is 5.75 Å². The maximum atomic E-state index is 12.5. The minimum atomic E-state index is 0.125. The first kappa shape index (κ1) is 18.2. The zero-order valence-electron chi connectivity index (χ0n) is 15.9. The van der Waals surface area contributed by atoms with E-state index < -0.39 is 0 Å². The standard InChI is InChI=1S/C23H23N3O2/c1-28-19-9-7-16(8-10-19)11-12-24-23-25-15-20-21(26-23)13-18(14-22(20)27)17-5-3-2-4-6-17/h2-10,15,18H,11-14H2,1H3,(H,24,25,26)/t18-/m1/s1. The number of fused-ring (bicyclic) bond motifs is 1. The summed E-state index contributed by atoms with van der Waals surface area (Å²) in [4.78, 5) is 21.5. The van der Waals surface area contributed by atoms with Crippen LogP contribution in [0.3, 0.4) is 0 Å². The van der Waals surface area contributed by atoms with E-state index in [0.717, 1.165) is 30.8 Å². The molecule has 0 saturated heterocycles. The number of carbonyl (C=O) groups excluding carboxylic acids is 1. The van der Waals surface area contributed by atoms with E-state index >= 15 is 0 Å². The van der Waals surface area contributed by atoms with Crippen LogP contribution in [-0.2, 0) is 12.8 Å². The van der Waals surface area contributed by atoms with Gasteiger partial charge in [0.2, 0.25) is 5.95 Å². The number of carbonyl (C=O) groups is 1. The van der Waals surface area contributed by atoms with E-state index in [9.17, 15) is 4.79 Å². The van der Waals surface area contributed by atoms with Gasteiger partial charge >= 0.3 is 0 Å². The summed E-state index contributed by atoms with van der Waals surface area (Å²) in [7, 11) is 1.66. The van der Waals surface area contributed by atoms with Gasteiger partial charge in [0.25, 0.3) is 0 Å². The molecule has 1 atom stereocenters. The lowest BCUT2D eigenvalue weighted by atomic mass is 9.82. The number of ether oxygens (including phenoxy) is 1. The highest BCUT2D eigenvalue weighted by Gasteiger charge is 2.27. The maximum absolute atomic E-state index is 12.5. The van der Waals surface area contributed by atoms with Crippen LogP contribution < -0.4 is 10.1 Å². The molecule has 1 N–H and O–H groups in total. The van der Waals surface area contributed by atoms with Crippen molar-refractivity contribution in [1.82, 2.24) is 9.97 Å². The number of nitrogens with zero attached hydrogens (tertiary/aromatic N) is 2. The van der Waals surface area contributed by atoms with Crippen LogP contribution in [0.25, 0.3) is 0 Å². The second-order valence-corrected chi connectivity index (χ2v) is 7.02. The topological polar surface area (TPSA) is 64.1 Å². The van der Waals surface area contributed by atoms with Crippen molar-refractivity contribution >= 4 is 11.7 Å². The quantitative estimate of drug-likeness (QED) is 0.706. The van der Waals surface area contributed by atoms with Crippen LogP contribution in [0.4, 0.5) is 5.95 Å². The third-order valence-corrected chi connectivity index (χ3v) is 5.17. The fourth-order valence-corrected chi connectivity index (χ4v) is 3.60. The van der Waals surface area contributed by atoms with Crippen molar-refractivity contribution < 1.29 is 9.53 Å². The van der Waals surface area contributed by atoms with Gasteiger partial charge in [0.15, 0.2) is 5.78 Å². The number of nitrogens with one attached hydrogen (secondary N) is 1. The number of benzene rings is 2. The molecule has 0 bridgehead atoms. The van der Waals surface area contributed by atoms with Crippen molar-refractivity contribution in [3.63, 3.8) is 0 Å². The molecule has 142 valence electrons. The Bertz CT molecular complexity index is 955. The van der Waals surface area contributed by atoms with Crippen LogP contribution in [0.15, 0.2) is 60.8 Å². The zero-order valence-corrected chi connectivity index (χ0v) is 15.9. The maximum Gasteiger partial charge on any atom is 0.222 e. The summed E-state index contributed by atoms with van der Waals surface area (Å²) >= 11 is 0. The number of ketones is 1. The Morgan fingerprint density at radius 3 is 2.61 bits per heavy atom. The Balaban J connectivity index is 1.42. The summed E-state index contributed by atoms with van der Waals surface area (Å²) < 4.78 is 5.18. The van der Waals surface area contributed by atoms with Gasteiger partial charge in [-0.05, 0) is 42.0 Å². The predicted molar refractivity (Wildman–Crippen MR) is 109 cm³/mol. The molecule has 0 unspecified atom stereocenters. The number of hydrogen-bond acceptors (Lipinski definition) is 5. The minimum absolute atomic E-state index is 0.125. The van der Waals surface area contributed by atoms with E-state index in [1.807, 2.05) is 30.3 Å². The first-order chi connectivity index (χ1) is 13.7. The molecule has 1 aliphatic rings. The van der Waals surface area contributed by atoms with Crippen molar-refractivity contribution in [2.75, 3.05) is 19.0 Å². The van der Waals surface area contributed by atoms with Gasteiger partial charge in [0, 0.05) is 19.2 Å². The average molecular weight is 373 g/mol. The van der Waals surface area contributed by atoms with Gasteiger partial charge in [-0.1, -0.05) is 42.5 Å². The molecule has 4 rings (SSSR count). The molecule has 1 heterocycles. The lowest BCUT2D eigenvalue weighted by Crippen LogP contribution is -2.21. The normalized spacial score (nSPS) is 15.8. The van der Waals surface area contributed by atoms with Gasteiger partial charge < -0.3 is 10.1 Å². The minimum Gasteiger partial charge on any atom is -0.497 e. The highest BCUT2D eigenvalue weighted by molar-refractivity contribution is 5.98. The van der Waals surface area contributed by atoms with Crippen LogP contribution in [0.2, 0.25) is 0 Å². The summed E-state index contributed by atoms with van der Waals surface area (Å²) in [6.45, 7) is 0.723. The Labute approximate surface area is 164 Å². The second-order valence-electron chi connectivity index (χ2n) is 7.02. The van der Waals surface area contributed by atoms with Crippen molar-refractivity contribution in [2.45, 2.75) is 25.2 Å². The van der Waals surface area contributed by atoms with Crippen molar-refractivity contribution in [1.29, 1.82) is 0 Å². The number of Topliss-reactive ketones (excluding diaryl/α,β-unsaturated/α-hetero) is 1. The number of methoxy groups -OCH3 is 1. The number of anilines is 1. The first-order valence-electron chi connectivity index (χ1n) is 9.54. The smallest absolute Gasteiger partial charge is 0.222 e. The van der Waals surface area contributed by atoms with E-state index in [2.05, 4.69) is 39.6 Å². The fraction of sp³-hybridized carbons (Fsp3) is 0.261. The van der Waals surface area contributed by atoms with Crippen LogP contribution in [0.1, 0.15) is 39.5 Å². The monoisotopic (exact) mass is 373 g/mol. The summed E-state index contributed by atoms with van der Waals surface area (Å²) in [5, 5.41) is 3.28. The van der Waals surface area contributed by atoms with Crippen LogP contribution >= 0.6 is 0 Å². The summed E-state index contributed by atoms with van der Waals surface area (Å²) in [5.74, 6) is 1.74. The van der Waals surface area contributed by atoms with E-state index in [-0.39, 0.29) is 11.7 Å². The van der Waals surface area contributed by atoms with Crippen molar-refractivity contribution in [3.8, 4) is 5.75 Å². The zero-order chi connectivity index (χ0) is 19.3. The van der Waals surface area contributed by atoms with Crippen molar-refractivity contribution in [3.05, 3.63) is 83.2 Å². The average Bonchev–Trinajstić information content (AvgIpc) is 2.74. The highest BCUT2D eigenvalue weighted by atomic mass is 16.5. The Morgan fingerprint density at radius 2 is 1.86 bits per heavy atom. The molecule has 2 aromatic carbocycles. The Kier molecular flexibility index (Phi) is 5.33. The Hall–Kier alpha value is -3.21. The largest absolute Gasteiger partial charge is 0.497 e. The lowest BCUT2D eigenvalue weighted by molar-refractivity contribution is 0.0962. The first-order valence-corrected chi connectivity index (χ1v) is 9.54. The molecule has 1 aromatic heterocycles. The molecule has 0 spiro atoms. The summed E-state index contributed by atoms with van der Waals surface area (Å²) in [5.41, 5.74) is 3.90. The van der Waals surface area contributed by atoms with E-state index in [0.29, 0.717) is 17.9 Å². The molecular formula is C23H23N3O2. The molecule has 0 fully saturated rings. The molecule has 28 heavy (non-hydrogen) atoms. The molecule has 0 radical (unpaired) electrons. The van der Waals surface area contributed by atoms with Crippen molar-refractivity contribution in [2.24, 2.45) is 0 Å². The fourth-order valence-electron chi connectivity index (χ4n) is 3.60. The molecule has 5 heteroatoms. The van der Waals surface area contributed by atoms with Gasteiger partial charge in [-0.15, -0.1) is 0 Å². The lowest BCUT2D eigenvalue weighted by Gasteiger charge is -2.23. The van der Waals surface area contributed by atoms with Crippen LogP contribution in [-0.4, -0.2) is 29.4 Å². The molecule has 1 aliphatic carbocycles. The van der Waals surface area contributed by atoms with Gasteiger partial charge in [-0.2, -0.15) is 0 Å². The molecule has 0 saturated carbocycles. The Morgan fingerprint density at radius 1 is 1.07 bits per heavy atom. The SMILES string of the molecule is COc1ccc(CCNc2ncc3c(n2)C[C@@H](c2ccccc2)CC3=O)cc1. The predicted octanol–water partition coefficient (Wildman–Crippen LogP) is 4.05. The molecule has 3 aromatic rings. The van der Waals surface area contributed by atoms with E-state index in [4.69, 9.17) is 4.74 Å². The van der Waals surface area contributed by atoms with Gasteiger partial charge in [-0.3, -0.25) is 4.79 Å². The van der Waals surface area contributed by atoms with Gasteiger partial charge in [-0.25, -0.2) is 9.97 Å². The highest BCUT2D eigenvalue weighted by Crippen LogP contribution is 2.31. The third-order valence-electron chi connectivity index (χ3n) is 5.17. The van der Waals surface area contributed by atoms with E-state index in [1.54, 1.807) is 13.3 Å². The molecule has 0 aliphatic heterocycles. The number of hydrogen-bond donors (Lipinski definition) is 1. The third kappa shape index (κ3) is 4.03. The van der Waals surface area contributed by atoms with E-state index in [1.165, 1.54) is 11.1 Å². The number of aromatic nitrogens is 2. The van der Waals surface area contributed by atoms with Gasteiger partial charge in [0.1, 0.15) is 5.75 Å². The van der Waals surface area contributed by atoms with Gasteiger partial charge in [0.05, 0.1) is 18.4 Å². The number of rotatable bonds is 6.